The van der Waals surface area contributed by atoms with E-state index in [9.17, 15) is 0 Å². The third-order valence-corrected chi connectivity index (χ3v) is 2.79. The van der Waals surface area contributed by atoms with Crippen molar-refractivity contribution in [2.75, 3.05) is 0 Å². The number of ether oxygens (including phenoxy) is 1. The van der Waals surface area contributed by atoms with E-state index in [-0.39, 0.29) is 6.61 Å². The molecule has 2 nitrogen and oxygen atoms in total. The molecule has 0 bridgehead atoms. The molecule has 0 saturated heterocycles. The molecular weight excluding hydrogens is 232 g/mol. The molecule has 1 aliphatic carbocycles. The van der Waals surface area contributed by atoms with Crippen LogP contribution in [-0.4, -0.2) is 11.2 Å². The van der Waals surface area contributed by atoms with Gasteiger partial charge in [-0.3, -0.25) is 0 Å². The summed E-state index contributed by atoms with van der Waals surface area (Å²) in [5.41, 5.74) is 0.873. The standard InChI is InChI=1S/C10H11BrO2/c11-10-4-3-9(5-7(10)6-12)13-8-1-2-8/h3-5,8,12H,1-2,6H2. The smallest absolute Gasteiger partial charge is 0.120 e. The second kappa shape index (κ2) is 3.68. The number of halogens is 1. The van der Waals surface area contributed by atoms with E-state index in [4.69, 9.17) is 9.84 Å². The average molecular weight is 243 g/mol. The van der Waals surface area contributed by atoms with Gasteiger partial charge in [0, 0.05) is 4.47 Å². The minimum atomic E-state index is 0.0441. The molecule has 1 saturated carbocycles. The van der Waals surface area contributed by atoms with Crippen molar-refractivity contribution < 1.29 is 9.84 Å². The minimum Gasteiger partial charge on any atom is -0.490 e. The third-order valence-electron chi connectivity index (χ3n) is 2.01. The molecule has 13 heavy (non-hydrogen) atoms. The third kappa shape index (κ3) is 2.23. The minimum absolute atomic E-state index is 0.0441. The van der Waals surface area contributed by atoms with Crippen molar-refractivity contribution in [2.24, 2.45) is 0 Å². The van der Waals surface area contributed by atoms with Gasteiger partial charge in [-0.05, 0) is 36.6 Å². The van der Waals surface area contributed by atoms with Gasteiger partial charge in [0.15, 0.2) is 0 Å². The maximum Gasteiger partial charge on any atom is 0.120 e. The van der Waals surface area contributed by atoms with E-state index < -0.39 is 0 Å². The fourth-order valence-corrected chi connectivity index (χ4v) is 1.50. The van der Waals surface area contributed by atoms with Crippen LogP contribution >= 0.6 is 15.9 Å². The number of hydrogen-bond donors (Lipinski definition) is 1. The van der Waals surface area contributed by atoms with E-state index in [0.717, 1.165) is 28.6 Å². The van der Waals surface area contributed by atoms with Crippen molar-refractivity contribution in [3.8, 4) is 5.75 Å². The summed E-state index contributed by atoms with van der Waals surface area (Å²) in [6.07, 6.45) is 2.72. The van der Waals surface area contributed by atoms with Crippen molar-refractivity contribution >= 4 is 15.9 Å². The van der Waals surface area contributed by atoms with E-state index in [2.05, 4.69) is 15.9 Å². The number of rotatable bonds is 3. The molecule has 0 unspecified atom stereocenters. The molecule has 0 spiro atoms. The molecule has 1 aromatic rings. The molecule has 1 aromatic carbocycles. The highest BCUT2D eigenvalue weighted by Crippen LogP contribution is 2.29. The van der Waals surface area contributed by atoms with E-state index in [1.165, 1.54) is 0 Å². The fourth-order valence-electron chi connectivity index (χ4n) is 1.12. The monoisotopic (exact) mass is 242 g/mol. The highest BCUT2D eigenvalue weighted by molar-refractivity contribution is 9.10. The van der Waals surface area contributed by atoms with E-state index in [1.54, 1.807) is 0 Å². The first-order chi connectivity index (χ1) is 6.29. The molecule has 0 aliphatic heterocycles. The Hall–Kier alpha value is -0.540. The normalized spacial score (nSPS) is 15.8. The largest absolute Gasteiger partial charge is 0.490 e. The van der Waals surface area contributed by atoms with Gasteiger partial charge in [-0.2, -0.15) is 0 Å². The number of aliphatic hydroxyl groups excluding tert-OH is 1. The van der Waals surface area contributed by atoms with Crippen molar-refractivity contribution in [2.45, 2.75) is 25.6 Å². The number of aliphatic hydroxyl groups is 1. The predicted octanol–water partition coefficient (Wildman–Crippen LogP) is 2.48. The molecule has 1 aliphatic rings. The first-order valence-corrected chi connectivity index (χ1v) is 5.15. The lowest BCUT2D eigenvalue weighted by Crippen LogP contribution is -1.96. The zero-order valence-corrected chi connectivity index (χ0v) is 8.75. The summed E-state index contributed by atoms with van der Waals surface area (Å²) in [6, 6.07) is 5.70. The van der Waals surface area contributed by atoms with Crippen LogP contribution in [0.25, 0.3) is 0 Å². The first kappa shape index (κ1) is 9.03. The molecule has 1 N–H and O–H groups in total. The molecule has 0 heterocycles. The molecule has 0 atom stereocenters. The molecule has 2 rings (SSSR count). The summed E-state index contributed by atoms with van der Waals surface area (Å²) in [5.74, 6) is 0.856. The van der Waals surface area contributed by atoms with Crippen molar-refractivity contribution in [3.05, 3.63) is 28.2 Å². The molecular formula is C10H11BrO2. The lowest BCUT2D eigenvalue weighted by molar-refractivity contribution is 0.276. The highest BCUT2D eigenvalue weighted by Gasteiger charge is 2.23. The molecule has 1 fully saturated rings. The Bertz CT molecular complexity index is 308. The van der Waals surface area contributed by atoms with Crippen LogP contribution in [0, 0.1) is 0 Å². The van der Waals surface area contributed by atoms with Gasteiger partial charge in [0.05, 0.1) is 12.7 Å². The van der Waals surface area contributed by atoms with Crippen LogP contribution in [0.15, 0.2) is 22.7 Å². The van der Waals surface area contributed by atoms with Gasteiger partial charge in [0.1, 0.15) is 5.75 Å². The lowest BCUT2D eigenvalue weighted by Gasteiger charge is -2.06. The quantitative estimate of drug-likeness (QED) is 0.883. The Labute approximate surface area is 85.7 Å². The maximum absolute atomic E-state index is 9.01. The van der Waals surface area contributed by atoms with Crippen LogP contribution < -0.4 is 4.74 Å². The predicted molar refractivity (Wildman–Crippen MR) is 53.7 cm³/mol. The van der Waals surface area contributed by atoms with Crippen molar-refractivity contribution in [1.82, 2.24) is 0 Å². The number of benzene rings is 1. The van der Waals surface area contributed by atoms with Crippen LogP contribution in [0.4, 0.5) is 0 Å². The molecule has 0 aromatic heterocycles. The Morgan fingerprint density at radius 3 is 2.85 bits per heavy atom. The van der Waals surface area contributed by atoms with Gasteiger partial charge >= 0.3 is 0 Å². The maximum atomic E-state index is 9.01. The van der Waals surface area contributed by atoms with Crippen LogP contribution in [0.5, 0.6) is 5.75 Å². The van der Waals surface area contributed by atoms with Crippen molar-refractivity contribution in [3.63, 3.8) is 0 Å². The van der Waals surface area contributed by atoms with Crippen LogP contribution in [-0.2, 0) is 6.61 Å². The summed E-state index contributed by atoms with van der Waals surface area (Å²) in [4.78, 5) is 0. The van der Waals surface area contributed by atoms with E-state index >= 15 is 0 Å². The summed E-state index contributed by atoms with van der Waals surface area (Å²) in [5, 5.41) is 9.01. The zero-order chi connectivity index (χ0) is 9.26. The second-order valence-corrected chi connectivity index (χ2v) is 4.08. The Balaban J connectivity index is 2.16. The van der Waals surface area contributed by atoms with Crippen LogP contribution in [0.1, 0.15) is 18.4 Å². The number of hydrogen-bond acceptors (Lipinski definition) is 2. The Morgan fingerprint density at radius 1 is 1.46 bits per heavy atom. The summed E-state index contributed by atoms with van der Waals surface area (Å²) < 4.78 is 6.52. The van der Waals surface area contributed by atoms with Crippen LogP contribution in [0.3, 0.4) is 0 Å². The molecule has 0 radical (unpaired) electrons. The molecule has 3 heteroatoms. The topological polar surface area (TPSA) is 29.5 Å². The summed E-state index contributed by atoms with van der Waals surface area (Å²) in [6.45, 7) is 0.0441. The first-order valence-electron chi connectivity index (χ1n) is 4.35. The fraction of sp³-hybridized carbons (Fsp3) is 0.400. The van der Waals surface area contributed by atoms with Gasteiger partial charge in [-0.25, -0.2) is 0 Å². The Morgan fingerprint density at radius 2 is 2.23 bits per heavy atom. The lowest BCUT2D eigenvalue weighted by atomic mass is 10.2. The zero-order valence-electron chi connectivity index (χ0n) is 7.16. The van der Waals surface area contributed by atoms with Gasteiger partial charge < -0.3 is 9.84 Å². The van der Waals surface area contributed by atoms with E-state index in [1.807, 2.05) is 18.2 Å². The highest BCUT2D eigenvalue weighted by atomic mass is 79.9. The second-order valence-electron chi connectivity index (χ2n) is 3.23. The van der Waals surface area contributed by atoms with Gasteiger partial charge in [0.25, 0.3) is 0 Å². The van der Waals surface area contributed by atoms with Gasteiger partial charge in [-0.1, -0.05) is 15.9 Å². The molecule has 0 amide bonds. The molecule has 70 valence electrons. The van der Waals surface area contributed by atoms with Crippen LogP contribution in [0.2, 0.25) is 0 Å². The summed E-state index contributed by atoms with van der Waals surface area (Å²) >= 11 is 3.36. The van der Waals surface area contributed by atoms with E-state index in [0.29, 0.717) is 6.10 Å². The average Bonchev–Trinajstić information content (AvgIpc) is 2.92. The Kier molecular flexibility index (Phi) is 2.56. The van der Waals surface area contributed by atoms with Gasteiger partial charge in [0.2, 0.25) is 0 Å². The SMILES string of the molecule is OCc1cc(OC2CC2)ccc1Br. The van der Waals surface area contributed by atoms with Crippen molar-refractivity contribution in [1.29, 1.82) is 0 Å². The van der Waals surface area contributed by atoms with Gasteiger partial charge in [-0.15, -0.1) is 0 Å². The summed E-state index contributed by atoms with van der Waals surface area (Å²) in [7, 11) is 0.